The smallest absolute Gasteiger partial charge is 0.311 e. The number of ether oxygens (including phenoxy) is 9. The molecular formula is C78H136O14. The average molecular weight is 1300 g/mol. The Morgan fingerprint density at radius 3 is 1.63 bits per heavy atom. The van der Waals surface area contributed by atoms with E-state index in [-0.39, 0.29) is 46.5 Å². The number of esters is 4. The fourth-order valence-corrected chi connectivity index (χ4v) is 19.4. The van der Waals surface area contributed by atoms with E-state index in [1.807, 2.05) is 62.3 Å². The summed E-state index contributed by atoms with van der Waals surface area (Å²) in [6, 6.07) is 0. The van der Waals surface area contributed by atoms with Crippen LogP contribution in [0.1, 0.15) is 253 Å². The Morgan fingerprint density at radius 1 is 0.587 bits per heavy atom. The molecule has 17 atom stereocenters. The minimum atomic E-state index is -0.250. The van der Waals surface area contributed by atoms with Gasteiger partial charge >= 0.3 is 23.9 Å². The molecule has 532 valence electrons. The Morgan fingerprint density at radius 2 is 1.24 bits per heavy atom. The van der Waals surface area contributed by atoms with Crippen molar-refractivity contribution < 1.29 is 66.9 Å². The summed E-state index contributed by atoms with van der Waals surface area (Å²) in [6.45, 7) is 44.8. The molecule has 8 saturated heterocycles. The van der Waals surface area contributed by atoms with Crippen LogP contribution in [-0.4, -0.2) is 126 Å². The third-order valence-electron chi connectivity index (χ3n) is 26.8. The lowest BCUT2D eigenvalue weighted by atomic mass is 9.46. The van der Waals surface area contributed by atoms with Crippen LogP contribution in [-0.2, 0) is 61.8 Å². The van der Waals surface area contributed by atoms with Crippen molar-refractivity contribution in [3.8, 4) is 0 Å². The lowest BCUT2D eigenvalue weighted by molar-refractivity contribution is -0.145. The topological polar surface area (TPSA) is 172 Å². The Hall–Kier alpha value is -2.36. The van der Waals surface area contributed by atoms with Gasteiger partial charge in [0.25, 0.3) is 0 Å². The summed E-state index contributed by atoms with van der Waals surface area (Å²) in [4.78, 5) is 42.2. The van der Waals surface area contributed by atoms with Crippen molar-refractivity contribution in [2.75, 3.05) is 72.7 Å². The molecule has 0 amide bonds. The summed E-state index contributed by atoms with van der Waals surface area (Å²) in [5.74, 6) is 12.7. The quantitative estimate of drug-likeness (QED) is 0.208. The SMILES string of the molecule is CC1C(=O)OCC1(C)C.CC1CC2(CCCCC2)C(C)O1.CC1CCOC1.CC1CCOC1=O.CC1COC(=O)C1.CC1COC(=O)C1(C)C.CC1OCC2C3CCC(C3)C12.CC1OCC2C3CCC(C3)C12C.CCCO.CCOCC1(C)C2CC3CC(C2)CC1C3. The Bertz CT molecular complexity index is 2240. The van der Waals surface area contributed by atoms with E-state index in [9.17, 15) is 19.2 Å². The monoisotopic (exact) mass is 1300 g/mol. The maximum absolute atomic E-state index is 10.9. The van der Waals surface area contributed by atoms with Gasteiger partial charge in [-0.2, -0.15) is 0 Å². The van der Waals surface area contributed by atoms with Crippen molar-refractivity contribution >= 4 is 23.9 Å². The normalized spacial score (nSPS) is 42.7. The highest BCUT2D eigenvalue weighted by molar-refractivity contribution is 5.78. The van der Waals surface area contributed by atoms with Crippen LogP contribution in [0.15, 0.2) is 0 Å². The first-order valence-electron chi connectivity index (χ1n) is 37.8. The number of rotatable bonds is 4. The van der Waals surface area contributed by atoms with Gasteiger partial charge in [0.15, 0.2) is 0 Å². The van der Waals surface area contributed by atoms with E-state index >= 15 is 0 Å². The van der Waals surface area contributed by atoms with Crippen LogP contribution in [0.5, 0.6) is 0 Å². The van der Waals surface area contributed by atoms with Gasteiger partial charge in [0, 0.05) is 49.1 Å². The lowest BCUT2D eigenvalue weighted by Gasteiger charge is -2.60. The fraction of sp³-hybridized carbons (Fsp3) is 0.949. The highest BCUT2D eigenvalue weighted by Gasteiger charge is 2.61. The second-order valence-electron chi connectivity index (χ2n) is 34.1. The van der Waals surface area contributed by atoms with E-state index in [1.165, 1.54) is 109 Å². The van der Waals surface area contributed by atoms with Crippen LogP contribution in [0, 0.1) is 122 Å². The largest absolute Gasteiger partial charge is 0.465 e. The average Bonchev–Trinajstić information content (AvgIpc) is 1.33. The summed E-state index contributed by atoms with van der Waals surface area (Å²) >= 11 is 0. The van der Waals surface area contributed by atoms with Gasteiger partial charge in [-0.25, -0.2) is 0 Å². The van der Waals surface area contributed by atoms with Crippen molar-refractivity contribution in [2.45, 2.75) is 277 Å². The molecule has 9 saturated carbocycles. The van der Waals surface area contributed by atoms with Crippen molar-refractivity contribution in [2.24, 2.45) is 122 Å². The number of cyclic esters (lactones) is 4. The molecule has 14 nitrogen and oxygen atoms in total. The predicted molar refractivity (Wildman–Crippen MR) is 362 cm³/mol. The van der Waals surface area contributed by atoms with Crippen LogP contribution >= 0.6 is 0 Å². The third-order valence-corrected chi connectivity index (χ3v) is 26.8. The lowest BCUT2D eigenvalue weighted by Crippen LogP contribution is -2.53. The zero-order chi connectivity index (χ0) is 67.3. The zero-order valence-electron chi connectivity index (χ0n) is 61.4. The van der Waals surface area contributed by atoms with Gasteiger partial charge in [-0.05, 0) is 239 Å². The molecule has 0 aromatic rings. The van der Waals surface area contributed by atoms with Crippen LogP contribution in [0.3, 0.4) is 0 Å². The molecule has 0 aromatic heterocycles. The van der Waals surface area contributed by atoms with Crippen molar-refractivity contribution in [3.63, 3.8) is 0 Å². The van der Waals surface area contributed by atoms with Gasteiger partial charge in [-0.15, -0.1) is 0 Å². The first-order chi connectivity index (χ1) is 43.5. The number of fused-ring (bicyclic) bond motifs is 10. The first kappa shape index (κ1) is 77.0. The molecule has 1 spiro atoms. The molecule has 14 heteroatoms. The fourth-order valence-electron chi connectivity index (χ4n) is 19.4. The van der Waals surface area contributed by atoms with Crippen LogP contribution in [0.4, 0.5) is 0 Å². The molecule has 8 bridgehead atoms. The Kier molecular flexibility index (Phi) is 28.8. The van der Waals surface area contributed by atoms with Crippen molar-refractivity contribution in [1.29, 1.82) is 0 Å². The van der Waals surface area contributed by atoms with Gasteiger partial charge in [0.05, 0.1) is 94.3 Å². The molecule has 8 aliphatic heterocycles. The number of aliphatic hydroxyl groups excluding tert-OH is 1. The highest BCUT2D eigenvalue weighted by Crippen LogP contribution is 2.65. The summed E-state index contributed by atoms with van der Waals surface area (Å²) < 4.78 is 47.1. The summed E-state index contributed by atoms with van der Waals surface area (Å²) in [5, 5.41) is 7.88. The summed E-state index contributed by atoms with van der Waals surface area (Å²) in [6.07, 6.45) is 30.8. The second-order valence-corrected chi connectivity index (χ2v) is 34.1. The number of aliphatic hydroxyl groups is 1. The van der Waals surface area contributed by atoms with Crippen molar-refractivity contribution in [1.82, 2.24) is 0 Å². The Labute approximate surface area is 559 Å². The molecule has 8 heterocycles. The number of carbonyl (C=O) groups excluding carboxylic acids is 4. The second kappa shape index (κ2) is 34.4. The van der Waals surface area contributed by atoms with E-state index in [1.54, 1.807) is 6.42 Å². The number of hydrogen-bond acceptors (Lipinski definition) is 14. The third kappa shape index (κ3) is 19.1. The number of carbonyl (C=O) groups is 4. The molecule has 17 aliphatic rings. The maximum atomic E-state index is 10.9. The molecule has 1 N–H and O–H groups in total. The minimum absolute atomic E-state index is 0.0417. The molecular weight excluding hydrogens is 1160 g/mol. The highest BCUT2D eigenvalue weighted by atomic mass is 16.6. The zero-order valence-corrected chi connectivity index (χ0v) is 61.4. The van der Waals surface area contributed by atoms with E-state index in [0.29, 0.717) is 92.0 Å². The van der Waals surface area contributed by atoms with Gasteiger partial charge in [-0.3, -0.25) is 19.2 Å². The maximum Gasteiger partial charge on any atom is 0.311 e. The Balaban J connectivity index is 0.000000148. The number of hydrogen-bond donors (Lipinski definition) is 1. The van der Waals surface area contributed by atoms with Crippen LogP contribution in [0.25, 0.3) is 0 Å². The van der Waals surface area contributed by atoms with Crippen LogP contribution in [0.2, 0.25) is 0 Å². The minimum Gasteiger partial charge on any atom is -0.465 e. The molecule has 17 rings (SSSR count). The molecule has 0 aromatic carbocycles. The van der Waals surface area contributed by atoms with Gasteiger partial charge in [0.2, 0.25) is 0 Å². The first-order valence-corrected chi connectivity index (χ1v) is 37.8. The van der Waals surface area contributed by atoms with E-state index in [0.717, 1.165) is 123 Å². The molecule has 17 unspecified atom stereocenters. The van der Waals surface area contributed by atoms with Gasteiger partial charge in [-0.1, -0.05) is 88.5 Å². The van der Waals surface area contributed by atoms with Gasteiger partial charge < -0.3 is 47.7 Å². The van der Waals surface area contributed by atoms with E-state index < -0.39 is 0 Å². The van der Waals surface area contributed by atoms with Crippen LogP contribution < -0.4 is 0 Å². The van der Waals surface area contributed by atoms with E-state index in [2.05, 4.69) is 64.9 Å². The molecule has 0 radical (unpaired) electrons. The standard InChI is InChI=1S/C14H24O.C11H18O.C11H20O.C10H16O.2C7H12O2.2C5H8O2.C5H10O.C3H8O/c1-3-15-9-14(2)12-5-10-4-11(7-12)8-13(14)6-10;1-7-11(2)9-4-3-8(5-9)10(11)6-12-7;1-9-8-11(10(2)12-9)6-4-3-5-7-11;1-6-10-8-3-2-7(4-8)9(10)5-11-6;1-5-6(8)9-4-7(5,2)3;1-5-4-9-6(8)7(5,2)3;1-4-2-5(6)7-3-4;1-4-2-3-7-5(4)6;1-5-2-3-6-4-5;1-2-3-4/h10-13H,3-9H2,1-2H3;7-10H,3-6H2,1-2H3;9-10H,3-8H2,1-2H3;6-10H,2-5H2,1H3;2*5H,4H2,1-3H3;2*4H,2-3H2,1H3;5H,2-4H2,1H3;4H,2-3H2,1H3. The van der Waals surface area contributed by atoms with Gasteiger partial charge in [0.1, 0.15) is 0 Å². The van der Waals surface area contributed by atoms with E-state index in [4.69, 9.17) is 38.3 Å². The molecule has 17 fully saturated rings. The summed E-state index contributed by atoms with van der Waals surface area (Å²) in [5.41, 5.74) is 1.47. The summed E-state index contributed by atoms with van der Waals surface area (Å²) in [7, 11) is 0. The van der Waals surface area contributed by atoms with Crippen molar-refractivity contribution in [3.05, 3.63) is 0 Å². The molecule has 9 aliphatic carbocycles. The predicted octanol–water partition coefficient (Wildman–Crippen LogP) is 16.1. The molecule has 92 heavy (non-hydrogen) atoms.